The smallest absolute Gasteiger partial charge is 0.335 e. The van der Waals surface area contributed by atoms with Crippen LogP contribution < -0.4 is 11.0 Å². The molecule has 4 heterocycles. The van der Waals surface area contributed by atoms with E-state index in [-0.39, 0.29) is 41.7 Å². The molecule has 2 atom stereocenters. The van der Waals surface area contributed by atoms with Gasteiger partial charge in [0.15, 0.2) is 11.4 Å². The van der Waals surface area contributed by atoms with Crippen LogP contribution in [-0.2, 0) is 61.1 Å². The number of carboxylic acids is 1. The number of carboxylic acid groups (broad SMARTS) is 1. The van der Waals surface area contributed by atoms with Crippen molar-refractivity contribution < 1.29 is 51.6 Å². The number of nitrogens with zero attached hydrogens (tertiary/aromatic N) is 5. The van der Waals surface area contributed by atoms with Crippen LogP contribution in [-0.4, -0.2) is 136 Å². The topological polar surface area (TPSA) is 228 Å². The number of aromatic nitrogens is 4. The molecular weight excluding hydrogens is 857 g/mol. The van der Waals surface area contributed by atoms with Gasteiger partial charge < -0.3 is 29.4 Å². The largest absolute Gasteiger partial charge is 0.480 e. The average Bonchev–Trinajstić information content (AvgIpc) is 3.74. The number of hydrogen-bond acceptors (Lipinski definition) is 14. The zero-order valence-corrected chi connectivity index (χ0v) is 37.4. The number of methoxy groups -OCH3 is 1. The van der Waals surface area contributed by atoms with Gasteiger partial charge in [-0.1, -0.05) is 12.1 Å². The van der Waals surface area contributed by atoms with Gasteiger partial charge in [0.1, 0.15) is 22.8 Å². The summed E-state index contributed by atoms with van der Waals surface area (Å²) in [6, 6.07) is 10.2. The standard InChI is InChI=1S/C43H56N6O12S2/c1-43(2)38(48(30-62-43)63(56,57)35-11-6-18-44-28-35)40(52)46-36(41(53)54)27-31-13-15-32(16-14-31)49-39-37(12-7-19-45-39)47(42(49)55)29-34(51)10-8-21-60-25-26-61-22-17-33(50)9-4-5-20-59-24-23-58-3/h6-7,11-16,18-19,28,36,38H,4-5,8-10,17,20-27,29-30H2,1-3H3,(H,46,52)(H,53,54)/t36-,38+/m0/s1. The summed E-state index contributed by atoms with van der Waals surface area (Å²) in [5.41, 5.74) is 1.25. The van der Waals surface area contributed by atoms with Crippen LogP contribution in [0.15, 0.2) is 76.8 Å². The molecule has 20 heteroatoms. The molecule has 1 aliphatic heterocycles. The number of Topliss-reactive ketones (excluding diaryl/α,β-unsaturated/α-hetero) is 2. The summed E-state index contributed by atoms with van der Waals surface area (Å²) < 4.78 is 51.4. The van der Waals surface area contributed by atoms with Crippen molar-refractivity contribution in [2.24, 2.45) is 0 Å². The number of imidazole rings is 1. The Balaban J connectivity index is 1.11. The molecule has 1 amide bonds. The predicted molar refractivity (Wildman–Crippen MR) is 234 cm³/mol. The van der Waals surface area contributed by atoms with Gasteiger partial charge in [0, 0.05) is 69.3 Å². The maximum atomic E-state index is 13.8. The van der Waals surface area contributed by atoms with E-state index in [9.17, 15) is 37.5 Å². The molecule has 0 bridgehead atoms. The van der Waals surface area contributed by atoms with Crippen molar-refractivity contribution in [1.82, 2.24) is 28.7 Å². The van der Waals surface area contributed by atoms with E-state index in [1.807, 2.05) is 0 Å². The Morgan fingerprint density at radius 2 is 1.56 bits per heavy atom. The minimum absolute atomic E-state index is 0.00660. The fourth-order valence-corrected chi connectivity index (χ4v) is 10.1. The van der Waals surface area contributed by atoms with Crippen LogP contribution in [0.4, 0.5) is 0 Å². The Kier molecular flexibility index (Phi) is 18.5. The number of sulfonamides is 1. The van der Waals surface area contributed by atoms with E-state index in [1.54, 1.807) is 57.4 Å². The minimum Gasteiger partial charge on any atom is -0.480 e. The molecule has 2 N–H and O–H groups in total. The molecular formula is C43H56N6O12S2. The highest BCUT2D eigenvalue weighted by atomic mass is 32.2. The molecule has 3 aromatic heterocycles. The van der Waals surface area contributed by atoms with Crippen LogP contribution in [0.2, 0.25) is 0 Å². The molecule has 18 nitrogen and oxygen atoms in total. The van der Waals surface area contributed by atoms with Gasteiger partial charge in [-0.3, -0.25) is 23.9 Å². The second-order valence-corrected chi connectivity index (χ2v) is 18.9. The van der Waals surface area contributed by atoms with E-state index in [2.05, 4.69) is 15.3 Å². The van der Waals surface area contributed by atoms with E-state index in [0.717, 1.165) is 17.1 Å². The Morgan fingerprint density at radius 1 is 0.873 bits per heavy atom. The van der Waals surface area contributed by atoms with Crippen LogP contribution in [0, 0.1) is 0 Å². The lowest BCUT2D eigenvalue weighted by atomic mass is 10.0. The van der Waals surface area contributed by atoms with Gasteiger partial charge in [0.2, 0.25) is 15.9 Å². The molecule has 5 rings (SSSR count). The number of thioether (sulfide) groups is 1. The highest BCUT2D eigenvalue weighted by Crippen LogP contribution is 2.42. The van der Waals surface area contributed by atoms with Crippen molar-refractivity contribution in [2.75, 3.05) is 59.2 Å². The molecule has 63 heavy (non-hydrogen) atoms. The molecule has 1 fully saturated rings. The lowest BCUT2D eigenvalue weighted by Crippen LogP contribution is -2.56. The number of pyridine rings is 2. The third-order valence-electron chi connectivity index (χ3n) is 10.3. The molecule has 342 valence electrons. The fraction of sp³-hybridized carbons (Fsp3) is 0.512. The average molecular weight is 913 g/mol. The van der Waals surface area contributed by atoms with Gasteiger partial charge in [0.05, 0.1) is 56.7 Å². The van der Waals surface area contributed by atoms with Crippen LogP contribution in [0.25, 0.3) is 16.9 Å². The lowest BCUT2D eigenvalue weighted by Gasteiger charge is -2.30. The summed E-state index contributed by atoms with van der Waals surface area (Å²) in [5, 5.41) is 12.7. The van der Waals surface area contributed by atoms with E-state index < -0.39 is 44.4 Å². The van der Waals surface area contributed by atoms with Gasteiger partial charge >= 0.3 is 11.7 Å². The number of unbranched alkanes of at least 4 members (excludes halogenated alkanes) is 1. The summed E-state index contributed by atoms with van der Waals surface area (Å²) >= 11 is 1.27. The summed E-state index contributed by atoms with van der Waals surface area (Å²) in [4.78, 5) is 73.3. The third kappa shape index (κ3) is 13.6. The van der Waals surface area contributed by atoms with Gasteiger partial charge in [0.25, 0.3) is 0 Å². The fourth-order valence-electron chi connectivity index (χ4n) is 6.99. The molecule has 0 unspecified atom stereocenters. The number of benzene rings is 1. The summed E-state index contributed by atoms with van der Waals surface area (Å²) in [5.74, 6) is -2.09. The third-order valence-corrected chi connectivity index (χ3v) is 13.7. The highest BCUT2D eigenvalue weighted by Gasteiger charge is 2.51. The number of carbonyl (C=O) groups excluding carboxylic acids is 3. The lowest BCUT2D eigenvalue weighted by molar-refractivity contribution is -0.142. The summed E-state index contributed by atoms with van der Waals surface area (Å²) in [7, 11) is -2.50. The molecule has 1 aliphatic rings. The SMILES string of the molecule is COCCOCCCCC(=O)CCOCCOCCCC(=O)Cn1c(=O)n(-c2ccc(C[C@H](NC(=O)[C@H]3N(S(=O)(=O)c4cccnc4)CSC3(C)C)C(=O)O)cc2)c2ncccc21. The van der Waals surface area contributed by atoms with E-state index in [0.29, 0.717) is 87.9 Å². The molecule has 4 aromatic rings. The van der Waals surface area contributed by atoms with E-state index in [4.69, 9.17) is 18.9 Å². The predicted octanol–water partition coefficient (Wildman–Crippen LogP) is 3.41. The first-order chi connectivity index (χ1) is 30.2. The van der Waals surface area contributed by atoms with Crippen LogP contribution in [0.1, 0.15) is 57.9 Å². The molecule has 1 saturated heterocycles. The summed E-state index contributed by atoms with van der Waals surface area (Å²) in [6.45, 7) is 6.28. The van der Waals surface area contributed by atoms with Crippen molar-refractivity contribution >= 4 is 56.4 Å². The van der Waals surface area contributed by atoms with E-state index >= 15 is 0 Å². The molecule has 0 spiro atoms. The van der Waals surface area contributed by atoms with Gasteiger partial charge in [-0.05, 0) is 75.1 Å². The Hall–Kier alpha value is -4.83. The number of carbonyl (C=O) groups is 4. The Labute approximate surface area is 370 Å². The van der Waals surface area contributed by atoms with Gasteiger partial charge in [-0.2, -0.15) is 4.31 Å². The summed E-state index contributed by atoms with van der Waals surface area (Å²) in [6.07, 6.45) is 7.09. The molecule has 0 saturated carbocycles. The first kappa shape index (κ1) is 49.2. The van der Waals surface area contributed by atoms with Crippen LogP contribution in [0.5, 0.6) is 0 Å². The monoisotopic (exact) mass is 912 g/mol. The number of rotatable bonds is 28. The molecule has 0 aliphatic carbocycles. The van der Waals surface area contributed by atoms with Crippen molar-refractivity contribution in [3.63, 3.8) is 0 Å². The molecule has 1 aromatic carbocycles. The second kappa shape index (κ2) is 23.7. The number of hydrogen-bond donors (Lipinski definition) is 2. The number of aliphatic carboxylic acids is 1. The number of amides is 1. The van der Waals surface area contributed by atoms with Crippen LogP contribution in [0.3, 0.4) is 0 Å². The number of ketones is 2. The highest BCUT2D eigenvalue weighted by molar-refractivity contribution is 8.02. The zero-order valence-electron chi connectivity index (χ0n) is 35.8. The number of fused-ring (bicyclic) bond motifs is 1. The Bertz CT molecular complexity index is 2320. The van der Waals surface area contributed by atoms with Crippen molar-refractivity contribution in [1.29, 1.82) is 0 Å². The molecule has 0 radical (unpaired) electrons. The van der Waals surface area contributed by atoms with Crippen molar-refractivity contribution in [2.45, 2.75) is 87.1 Å². The zero-order chi connectivity index (χ0) is 45.4. The first-order valence-electron chi connectivity index (χ1n) is 20.7. The number of nitrogens with one attached hydrogen (secondary N) is 1. The minimum atomic E-state index is -4.12. The number of ether oxygens (including phenoxy) is 4. The quantitative estimate of drug-likeness (QED) is 0.0779. The van der Waals surface area contributed by atoms with E-state index in [1.165, 1.54) is 51.6 Å². The normalized spacial score (nSPS) is 15.7. The maximum Gasteiger partial charge on any atom is 0.335 e. The maximum absolute atomic E-state index is 13.8. The van der Waals surface area contributed by atoms with Gasteiger partial charge in [-0.25, -0.2) is 27.6 Å². The van der Waals surface area contributed by atoms with Crippen molar-refractivity contribution in [3.05, 3.63) is 83.2 Å². The second-order valence-electron chi connectivity index (χ2n) is 15.4. The van der Waals surface area contributed by atoms with Crippen molar-refractivity contribution in [3.8, 4) is 5.69 Å². The Morgan fingerprint density at radius 3 is 2.25 bits per heavy atom. The van der Waals surface area contributed by atoms with Crippen LogP contribution >= 0.6 is 11.8 Å². The van der Waals surface area contributed by atoms with Gasteiger partial charge in [-0.15, -0.1) is 11.8 Å². The first-order valence-corrected chi connectivity index (χ1v) is 23.2.